The molecule has 19 heavy (non-hydrogen) atoms. The molecule has 6 nitrogen and oxygen atoms in total. The van der Waals surface area contributed by atoms with E-state index in [0.29, 0.717) is 13.0 Å². The normalized spacial score (nSPS) is 24.9. The fourth-order valence-electron chi connectivity index (χ4n) is 1.82. The smallest absolute Gasteiger partial charge is 0.479 e. The average Bonchev–Trinajstić information content (AvgIpc) is 2.26. The third kappa shape index (κ3) is 4.35. The summed E-state index contributed by atoms with van der Waals surface area (Å²) in [7, 11) is 0. The van der Waals surface area contributed by atoms with Crippen LogP contribution < -0.4 is 5.32 Å². The van der Waals surface area contributed by atoms with E-state index in [1.165, 1.54) is 0 Å². The lowest BCUT2D eigenvalue weighted by molar-refractivity contribution is -0.192. The topological polar surface area (TPSA) is 95.9 Å². The maximum Gasteiger partial charge on any atom is 0.490 e. The van der Waals surface area contributed by atoms with Gasteiger partial charge in [0.05, 0.1) is 6.61 Å². The van der Waals surface area contributed by atoms with Crippen LogP contribution >= 0.6 is 0 Å². The molecule has 0 aromatic carbocycles. The van der Waals surface area contributed by atoms with Crippen molar-refractivity contribution in [3.63, 3.8) is 0 Å². The van der Waals surface area contributed by atoms with E-state index in [0.717, 1.165) is 19.5 Å². The highest BCUT2D eigenvalue weighted by atomic mass is 19.4. The van der Waals surface area contributed by atoms with Crippen molar-refractivity contribution >= 4 is 11.9 Å². The Morgan fingerprint density at radius 1 is 1.26 bits per heavy atom. The molecule has 2 aliphatic heterocycles. The Hall–Kier alpha value is -1.35. The Balaban J connectivity index is 0.000000224. The van der Waals surface area contributed by atoms with Gasteiger partial charge in [-0.2, -0.15) is 13.2 Å². The molecule has 2 saturated heterocycles. The number of halogens is 3. The molecule has 0 radical (unpaired) electrons. The van der Waals surface area contributed by atoms with Gasteiger partial charge in [-0.25, -0.2) is 9.59 Å². The minimum Gasteiger partial charge on any atom is -0.479 e. The van der Waals surface area contributed by atoms with Crippen molar-refractivity contribution < 1.29 is 37.7 Å². The van der Waals surface area contributed by atoms with Gasteiger partial charge in [0.25, 0.3) is 0 Å². The van der Waals surface area contributed by atoms with Crippen LogP contribution in [-0.4, -0.2) is 54.1 Å². The Bertz CT molecular complexity index is 344. The van der Waals surface area contributed by atoms with Crippen LogP contribution in [0.3, 0.4) is 0 Å². The second-order valence-electron chi connectivity index (χ2n) is 4.58. The van der Waals surface area contributed by atoms with Gasteiger partial charge < -0.3 is 20.3 Å². The van der Waals surface area contributed by atoms with Gasteiger partial charge in [-0.15, -0.1) is 0 Å². The first kappa shape index (κ1) is 15.7. The minimum atomic E-state index is -5.08. The first-order valence-corrected chi connectivity index (χ1v) is 5.52. The van der Waals surface area contributed by atoms with Crippen LogP contribution in [-0.2, 0) is 14.3 Å². The van der Waals surface area contributed by atoms with Crippen LogP contribution in [0, 0.1) is 5.41 Å². The van der Waals surface area contributed by atoms with Crippen LogP contribution in [0.15, 0.2) is 0 Å². The fourth-order valence-corrected chi connectivity index (χ4v) is 1.82. The van der Waals surface area contributed by atoms with E-state index in [1.807, 2.05) is 0 Å². The molecule has 0 aromatic heterocycles. The quantitative estimate of drug-likeness (QED) is 0.648. The van der Waals surface area contributed by atoms with E-state index in [4.69, 9.17) is 19.7 Å². The summed E-state index contributed by atoms with van der Waals surface area (Å²) in [6.07, 6.45) is -4.00. The third-order valence-corrected chi connectivity index (χ3v) is 3.05. The number of aliphatic carboxylic acids is 2. The van der Waals surface area contributed by atoms with Gasteiger partial charge in [0.2, 0.25) is 0 Å². The Labute approximate surface area is 106 Å². The maximum absolute atomic E-state index is 10.6. The van der Waals surface area contributed by atoms with Crippen molar-refractivity contribution in [1.29, 1.82) is 0 Å². The number of alkyl halides is 3. The van der Waals surface area contributed by atoms with Gasteiger partial charge in [0, 0.05) is 18.5 Å². The van der Waals surface area contributed by atoms with Crippen molar-refractivity contribution in [3.8, 4) is 0 Å². The van der Waals surface area contributed by atoms with Crippen LogP contribution in [0.2, 0.25) is 0 Å². The monoisotopic (exact) mass is 285 g/mol. The molecule has 110 valence electrons. The summed E-state index contributed by atoms with van der Waals surface area (Å²) in [4.78, 5) is 19.4. The molecular weight excluding hydrogens is 271 g/mol. The van der Waals surface area contributed by atoms with Crippen molar-refractivity contribution in [2.75, 3.05) is 19.7 Å². The minimum absolute atomic E-state index is 0.270. The highest BCUT2D eigenvalue weighted by Crippen LogP contribution is 2.34. The predicted molar refractivity (Wildman–Crippen MR) is 55.6 cm³/mol. The molecule has 3 N–H and O–H groups in total. The number of carboxylic acid groups (broad SMARTS) is 2. The summed E-state index contributed by atoms with van der Waals surface area (Å²) < 4.78 is 37.0. The second-order valence-corrected chi connectivity index (χ2v) is 4.58. The number of carbonyl (C=O) groups is 2. The molecular formula is C10H14F3NO5. The zero-order valence-corrected chi connectivity index (χ0v) is 9.87. The van der Waals surface area contributed by atoms with Crippen molar-refractivity contribution in [1.82, 2.24) is 5.32 Å². The van der Waals surface area contributed by atoms with E-state index >= 15 is 0 Å². The Morgan fingerprint density at radius 3 is 2.00 bits per heavy atom. The van der Waals surface area contributed by atoms with E-state index in [2.05, 4.69) is 5.32 Å². The van der Waals surface area contributed by atoms with E-state index in [1.54, 1.807) is 0 Å². The van der Waals surface area contributed by atoms with Gasteiger partial charge >= 0.3 is 18.1 Å². The molecule has 2 aliphatic rings. The summed E-state index contributed by atoms with van der Waals surface area (Å²) >= 11 is 0. The first-order valence-electron chi connectivity index (χ1n) is 5.52. The molecule has 0 saturated carbocycles. The number of carboxylic acids is 2. The van der Waals surface area contributed by atoms with Gasteiger partial charge in [-0.1, -0.05) is 0 Å². The summed E-state index contributed by atoms with van der Waals surface area (Å²) in [5, 5.41) is 19.0. The lowest BCUT2D eigenvalue weighted by Crippen LogP contribution is -2.59. The molecule has 9 heteroatoms. The summed E-state index contributed by atoms with van der Waals surface area (Å²) in [6, 6.07) is 0. The van der Waals surface area contributed by atoms with Crippen molar-refractivity contribution in [2.24, 2.45) is 5.41 Å². The van der Waals surface area contributed by atoms with Crippen molar-refractivity contribution in [3.05, 3.63) is 0 Å². The molecule has 1 spiro atoms. The van der Waals surface area contributed by atoms with E-state index in [9.17, 15) is 18.0 Å². The summed E-state index contributed by atoms with van der Waals surface area (Å²) in [6.45, 7) is 2.58. The summed E-state index contributed by atoms with van der Waals surface area (Å²) in [5.41, 5.74) is 0.270. The molecule has 1 atom stereocenters. The molecule has 2 heterocycles. The number of nitrogens with one attached hydrogen (secondary N) is 1. The third-order valence-electron chi connectivity index (χ3n) is 3.05. The van der Waals surface area contributed by atoms with Crippen LogP contribution in [0.4, 0.5) is 13.2 Å². The summed E-state index contributed by atoms with van der Waals surface area (Å²) in [5.74, 6) is -3.58. The standard InChI is InChI=1S/C8H13NO3.C2HF3O2/c10-7(11)6-1-2-8(5-12-6)3-9-4-8;3-2(4,5)1(6)7/h6,9H,1-5H2,(H,10,11);(H,6,7). The van der Waals surface area contributed by atoms with E-state index in [-0.39, 0.29) is 5.41 Å². The van der Waals surface area contributed by atoms with Gasteiger partial charge in [0.1, 0.15) is 0 Å². The largest absolute Gasteiger partial charge is 0.490 e. The zero-order chi connectivity index (χ0) is 14.7. The second kappa shape index (κ2) is 5.74. The number of hydrogen-bond acceptors (Lipinski definition) is 4. The molecule has 0 bridgehead atoms. The lowest BCUT2D eigenvalue weighted by Gasteiger charge is -2.46. The number of ether oxygens (including phenoxy) is 1. The highest BCUT2D eigenvalue weighted by Gasteiger charge is 2.42. The van der Waals surface area contributed by atoms with Crippen LogP contribution in [0.25, 0.3) is 0 Å². The Kier molecular flexibility index (Phi) is 4.75. The maximum atomic E-state index is 10.6. The number of hydrogen-bond donors (Lipinski definition) is 3. The SMILES string of the molecule is O=C(O)C(F)(F)F.O=C(O)C1CCC2(CNC2)CO1. The first-order chi connectivity index (χ1) is 8.66. The molecule has 0 aromatic rings. The average molecular weight is 285 g/mol. The molecule has 2 fully saturated rings. The van der Waals surface area contributed by atoms with Gasteiger partial charge in [-0.05, 0) is 12.8 Å². The fraction of sp³-hybridized carbons (Fsp3) is 0.800. The molecule has 0 amide bonds. The molecule has 0 aliphatic carbocycles. The van der Waals surface area contributed by atoms with Gasteiger partial charge in [-0.3, -0.25) is 0 Å². The highest BCUT2D eigenvalue weighted by molar-refractivity contribution is 5.73. The Morgan fingerprint density at radius 2 is 1.79 bits per heavy atom. The number of rotatable bonds is 1. The van der Waals surface area contributed by atoms with E-state index < -0.39 is 24.2 Å². The van der Waals surface area contributed by atoms with Crippen LogP contribution in [0.5, 0.6) is 0 Å². The van der Waals surface area contributed by atoms with Crippen LogP contribution in [0.1, 0.15) is 12.8 Å². The molecule has 2 rings (SSSR count). The zero-order valence-electron chi connectivity index (χ0n) is 9.87. The molecule has 1 unspecified atom stereocenters. The van der Waals surface area contributed by atoms with Gasteiger partial charge in [0.15, 0.2) is 6.10 Å². The lowest BCUT2D eigenvalue weighted by atomic mass is 9.76. The predicted octanol–water partition coefficient (Wildman–Crippen LogP) is 0.473. The van der Waals surface area contributed by atoms with Crippen molar-refractivity contribution in [2.45, 2.75) is 25.1 Å².